The molecule has 0 bridgehead atoms. The predicted molar refractivity (Wildman–Crippen MR) is 63.6 cm³/mol. The van der Waals surface area contributed by atoms with E-state index in [-0.39, 0.29) is 0 Å². The van der Waals surface area contributed by atoms with Gasteiger partial charge in [-0.3, -0.25) is 0 Å². The van der Waals surface area contributed by atoms with Gasteiger partial charge in [0.25, 0.3) is 0 Å². The molecule has 90 valence electrons. The van der Waals surface area contributed by atoms with Crippen LogP contribution in [0, 0.1) is 0 Å². The molecule has 0 aliphatic rings. The number of benzene rings is 1. The number of ether oxygens (including phenoxy) is 2. The predicted octanol–water partition coefficient (Wildman–Crippen LogP) is 2.08. The normalized spacial score (nSPS) is 10.5. The number of methoxy groups -OCH3 is 2. The maximum atomic E-state index is 5.53. The zero-order valence-corrected chi connectivity index (χ0v) is 9.77. The Labute approximate surface area is 99.1 Å². The van der Waals surface area contributed by atoms with E-state index in [4.69, 9.17) is 19.7 Å². The molecular weight excluding hydrogens is 220 g/mol. The number of hydrogen-bond donors (Lipinski definition) is 1. The van der Waals surface area contributed by atoms with Crippen LogP contribution in [0.15, 0.2) is 28.8 Å². The molecule has 0 atom stereocenters. The topological polar surface area (TPSA) is 70.5 Å². The fourth-order valence-electron chi connectivity index (χ4n) is 1.62. The summed E-state index contributed by atoms with van der Waals surface area (Å²) in [6.45, 7) is 0.528. The zero-order chi connectivity index (χ0) is 12.3. The van der Waals surface area contributed by atoms with Crippen molar-refractivity contribution in [2.24, 2.45) is 0 Å². The van der Waals surface area contributed by atoms with Crippen LogP contribution in [-0.4, -0.2) is 19.4 Å². The van der Waals surface area contributed by atoms with Crippen molar-refractivity contribution in [1.82, 2.24) is 5.16 Å². The van der Waals surface area contributed by atoms with Gasteiger partial charge < -0.3 is 19.7 Å². The lowest BCUT2D eigenvalue weighted by molar-refractivity contribution is 0.185. The van der Waals surface area contributed by atoms with Crippen LogP contribution in [0.1, 0.15) is 5.56 Å². The molecule has 0 unspecified atom stereocenters. The summed E-state index contributed by atoms with van der Waals surface area (Å²) in [6.07, 6.45) is 0. The molecule has 0 saturated carbocycles. The van der Waals surface area contributed by atoms with E-state index in [2.05, 4.69) is 5.16 Å². The fraction of sp³-hybridized carbons (Fsp3) is 0.250. The highest BCUT2D eigenvalue weighted by Crippen LogP contribution is 2.31. The summed E-state index contributed by atoms with van der Waals surface area (Å²) < 4.78 is 15.5. The Morgan fingerprint density at radius 1 is 1.29 bits per heavy atom. The first-order valence-electron chi connectivity index (χ1n) is 5.13. The van der Waals surface area contributed by atoms with Crippen molar-refractivity contribution in [3.8, 4) is 17.1 Å². The van der Waals surface area contributed by atoms with Crippen molar-refractivity contribution in [2.45, 2.75) is 6.61 Å². The SMILES string of the molecule is COCc1ccc(OC)c(-c2cc(N)no2)c1. The molecule has 0 saturated heterocycles. The number of nitrogens with two attached hydrogens (primary N) is 1. The minimum Gasteiger partial charge on any atom is -0.496 e. The molecule has 5 nitrogen and oxygen atoms in total. The Balaban J connectivity index is 2.45. The van der Waals surface area contributed by atoms with Crippen LogP contribution in [0.2, 0.25) is 0 Å². The first-order chi connectivity index (χ1) is 8.24. The van der Waals surface area contributed by atoms with Crippen LogP contribution in [0.4, 0.5) is 5.82 Å². The Hall–Kier alpha value is -2.01. The zero-order valence-electron chi connectivity index (χ0n) is 9.77. The maximum absolute atomic E-state index is 5.53. The van der Waals surface area contributed by atoms with Crippen LogP contribution in [0.3, 0.4) is 0 Å². The minimum absolute atomic E-state index is 0.346. The second-order valence-electron chi connectivity index (χ2n) is 3.58. The fourth-order valence-corrected chi connectivity index (χ4v) is 1.62. The number of anilines is 1. The minimum atomic E-state index is 0.346. The second-order valence-corrected chi connectivity index (χ2v) is 3.58. The first-order valence-corrected chi connectivity index (χ1v) is 5.13. The molecule has 1 aromatic heterocycles. The molecule has 2 N–H and O–H groups in total. The summed E-state index contributed by atoms with van der Waals surface area (Å²) in [6, 6.07) is 7.39. The average Bonchev–Trinajstić information content (AvgIpc) is 2.76. The number of hydrogen-bond acceptors (Lipinski definition) is 5. The average molecular weight is 234 g/mol. The summed E-state index contributed by atoms with van der Waals surface area (Å²) in [4.78, 5) is 0. The van der Waals surface area contributed by atoms with Crippen molar-refractivity contribution < 1.29 is 14.0 Å². The molecule has 17 heavy (non-hydrogen) atoms. The van der Waals surface area contributed by atoms with Crippen molar-refractivity contribution in [3.63, 3.8) is 0 Å². The smallest absolute Gasteiger partial charge is 0.172 e. The van der Waals surface area contributed by atoms with Crippen molar-refractivity contribution in [1.29, 1.82) is 0 Å². The summed E-state index contributed by atoms with van der Waals surface area (Å²) in [5.41, 5.74) is 7.37. The van der Waals surface area contributed by atoms with Gasteiger partial charge in [-0.15, -0.1) is 0 Å². The molecule has 1 aromatic carbocycles. The molecule has 2 rings (SSSR count). The third kappa shape index (κ3) is 2.39. The molecule has 0 amide bonds. The molecule has 0 aliphatic carbocycles. The highest BCUT2D eigenvalue weighted by molar-refractivity contribution is 5.68. The highest BCUT2D eigenvalue weighted by Gasteiger charge is 2.11. The van der Waals surface area contributed by atoms with Crippen LogP contribution in [0.5, 0.6) is 5.75 Å². The number of rotatable bonds is 4. The second kappa shape index (κ2) is 4.88. The van der Waals surface area contributed by atoms with Gasteiger partial charge in [-0.1, -0.05) is 11.2 Å². The summed E-state index contributed by atoms with van der Waals surface area (Å²) >= 11 is 0. The molecule has 1 heterocycles. The molecule has 0 fully saturated rings. The molecule has 2 aromatic rings. The van der Waals surface area contributed by atoms with Gasteiger partial charge in [0.15, 0.2) is 11.6 Å². The maximum Gasteiger partial charge on any atom is 0.172 e. The van der Waals surface area contributed by atoms with Gasteiger partial charge in [0.2, 0.25) is 0 Å². The third-order valence-corrected chi connectivity index (χ3v) is 2.37. The molecule has 5 heteroatoms. The van der Waals surface area contributed by atoms with E-state index in [0.717, 1.165) is 11.1 Å². The van der Waals surface area contributed by atoms with E-state index in [1.807, 2.05) is 18.2 Å². The van der Waals surface area contributed by atoms with E-state index >= 15 is 0 Å². The lowest BCUT2D eigenvalue weighted by Gasteiger charge is -2.07. The van der Waals surface area contributed by atoms with E-state index < -0.39 is 0 Å². The monoisotopic (exact) mass is 234 g/mol. The van der Waals surface area contributed by atoms with Crippen molar-refractivity contribution in [2.75, 3.05) is 20.0 Å². The van der Waals surface area contributed by atoms with Crippen molar-refractivity contribution >= 4 is 5.82 Å². The van der Waals surface area contributed by atoms with Gasteiger partial charge in [0.1, 0.15) is 5.75 Å². The lowest BCUT2D eigenvalue weighted by atomic mass is 10.1. The summed E-state index contributed by atoms with van der Waals surface area (Å²) in [5.74, 6) is 1.64. The molecular formula is C12H14N2O3. The summed E-state index contributed by atoms with van der Waals surface area (Å²) in [7, 11) is 3.25. The molecule has 0 spiro atoms. The van der Waals surface area contributed by atoms with E-state index in [1.54, 1.807) is 20.3 Å². The lowest BCUT2D eigenvalue weighted by Crippen LogP contribution is -1.92. The quantitative estimate of drug-likeness (QED) is 0.876. The highest BCUT2D eigenvalue weighted by atomic mass is 16.5. The van der Waals surface area contributed by atoms with E-state index in [1.165, 1.54) is 0 Å². The van der Waals surface area contributed by atoms with Crippen LogP contribution in [-0.2, 0) is 11.3 Å². The van der Waals surface area contributed by atoms with Crippen LogP contribution in [0.25, 0.3) is 11.3 Å². The Kier molecular flexibility index (Phi) is 3.30. The largest absolute Gasteiger partial charge is 0.496 e. The molecule has 0 radical (unpaired) electrons. The van der Waals surface area contributed by atoms with E-state index in [9.17, 15) is 0 Å². The number of nitrogen functional groups attached to an aromatic ring is 1. The van der Waals surface area contributed by atoms with Gasteiger partial charge in [-0.05, 0) is 17.7 Å². The van der Waals surface area contributed by atoms with Crippen LogP contribution >= 0.6 is 0 Å². The van der Waals surface area contributed by atoms with Crippen molar-refractivity contribution in [3.05, 3.63) is 29.8 Å². The first kappa shape index (κ1) is 11.5. The number of nitrogens with zero attached hydrogens (tertiary/aromatic N) is 1. The number of aromatic nitrogens is 1. The third-order valence-electron chi connectivity index (χ3n) is 2.37. The van der Waals surface area contributed by atoms with E-state index in [0.29, 0.717) is 23.9 Å². The Bertz CT molecular complexity index is 508. The summed E-state index contributed by atoms with van der Waals surface area (Å²) in [5, 5.41) is 3.66. The van der Waals surface area contributed by atoms with Crippen LogP contribution < -0.4 is 10.5 Å². The van der Waals surface area contributed by atoms with Gasteiger partial charge in [-0.25, -0.2) is 0 Å². The van der Waals surface area contributed by atoms with Gasteiger partial charge >= 0.3 is 0 Å². The van der Waals surface area contributed by atoms with Gasteiger partial charge in [0.05, 0.1) is 19.3 Å². The van der Waals surface area contributed by atoms with Gasteiger partial charge in [-0.2, -0.15) is 0 Å². The Morgan fingerprint density at radius 2 is 2.12 bits per heavy atom. The standard InChI is InChI=1S/C12H14N2O3/c1-15-7-8-3-4-10(16-2)9(5-8)11-6-12(13)14-17-11/h3-6H,7H2,1-2H3,(H2,13,14). The Morgan fingerprint density at radius 3 is 2.71 bits per heavy atom. The van der Waals surface area contributed by atoms with Gasteiger partial charge in [0, 0.05) is 13.2 Å². The molecule has 0 aliphatic heterocycles.